The molecule has 4 rings (SSSR count). The fraction of sp³-hybridized carbons (Fsp3) is 0.150. The Hall–Kier alpha value is -2.71. The summed E-state index contributed by atoms with van der Waals surface area (Å²) in [4.78, 5) is 20.8. The van der Waals surface area contributed by atoms with Gasteiger partial charge in [-0.15, -0.1) is 11.3 Å². The van der Waals surface area contributed by atoms with Crippen LogP contribution in [-0.4, -0.2) is 28.7 Å². The van der Waals surface area contributed by atoms with E-state index in [2.05, 4.69) is 15.3 Å². The summed E-state index contributed by atoms with van der Waals surface area (Å²) in [5.74, 6) is 0.565. The molecule has 0 aliphatic rings. The maximum absolute atomic E-state index is 14.2. The lowest BCUT2D eigenvalue weighted by atomic mass is 10.2. The molecule has 0 saturated carbocycles. The first-order chi connectivity index (χ1) is 13.7. The average Bonchev–Trinajstić information content (AvgIpc) is 3.11. The number of aromatic nitrogens is 2. The number of nitrogens with one attached hydrogen (secondary N) is 1. The maximum Gasteiger partial charge on any atom is 0.230 e. The van der Waals surface area contributed by atoms with E-state index in [4.69, 9.17) is 4.74 Å². The Balaban J connectivity index is 1.46. The van der Waals surface area contributed by atoms with E-state index in [0.717, 1.165) is 20.7 Å². The summed E-state index contributed by atoms with van der Waals surface area (Å²) in [5, 5.41) is 4.08. The molecule has 0 bridgehead atoms. The standard InChI is InChI=1S/C20H16FN3O2S2/c1-26-13-5-2-4-12(8-13)9-22-16(25)10-27-20-19-18(23-11-24-20)17-14(21)6-3-7-15(17)28-19/h2-8,11H,9-10H2,1H3,(H,22,25). The normalized spacial score (nSPS) is 11.1. The van der Waals surface area contributed by atoms with E-state index in [1.165, 1.54) is 35.5 Å². The number of thioether (sulfide) groups is 1. The van der Waals surface area contributed by atoms with Crippen molar-refractivity contribution in [1.29, 1.82) is 0 Å². The number of hydrogen-bond donors (Lipinski definition) is 1. The maximum atomic E-state index is 14.2. The third-order valence-corrected chi connectivity index (χ3v) is 6.43. The summed E-state index contributed by atoms with van der Waals surface area (Å²) in [6.07, 6.45) is 1.41. The number of thiophene rings is 1. The molecule has 0 saturated heterocycles. The molecular formula is C20H16FN3O2S2. The first kappa shape index (κ1) is 18.6. The number of amides is 1. The lowest BCUT2D eigenvalue weighted by molar-refractivity contribution is -0.118. The summed E-state index contributed by atoms with van der Waals surface area (Å²) in [6.45, 7) is 0.421. The van der Waals surface area contributed by atoms with Crippen LogP contribution in [0.2, 0.25) is 0 Å². The summed E-state index contributed by atoms with van der Waals surface area (Å²) in [6, 6.07) is 12.5. The molecule has 4 aromatic rings. The molecule has 2 heterocycles. The van der Waals surface area contributed by atoms with E-state index in [1.807, 2.05) is 30.3 Å². The lowest BCUT2D eigenvalue weighted by Gasteiger charge is -2.07. The third kappa shape index (κ3) is 3.79. The van der Waals surface area contributed by atoms with E-state index in [0.29, 0.717) is 22.5 Å². The molecule has 0 fully saturated rings. The topological polar surface area (TPSA) is 64.1 Å². The smallest absolute Gasteiger partial charge is 0.230 e. The van der Waals surface area contributed by atoms with Gasteiger partial charge < -0.3 is 10.1 Å². The van der Waals surface area contributed by atoms with Gasteiger partial charge in [-0.25, -0.2) is 14.4 Å². The number of fused-ring (bicyclic) bond motifs is 3. The van der Waals surface area contributed by atoms with Crippen LogP contribution in [0.15, 0.2) is 53.8 Å². The molecule has 8 heteroatoms. The van der Waals surface area contributed by atoms with Gasteiger partial charge in [0.05, 0.1) is 28.5 Å². The number of halogens is 1. The van der Waals surface area contributed by atoms with E-state index >= 15 is 0 Å². The number of carbonyl (C=O) groups is 1. The molecule has 0 aliphatic carbocycles. The van der Waals surface area contributed by atoms with Gasteiger partial charge in [0.1, 0.15) is 22.9 Å². The highest BCUT2D eigenvalue weighted by Crippen LogP contribution is 2.38. The van der Waals surface area contributed by atoms with Gasteiger partial charge in [0.2, 0.25) is 5.91 Å². The van der Waals surface area contributed by atoms with Crippen molar-refractivity contribution in [2.45, 2.75) is 11.6 Å². The van der Waals surface area contributed by atoms with Crippen LogP contribution in [-0.2, 0) is 11.3 Å². The zero-order valence-corrected chi connectivity index (χ0v) is 16.6. The van der Waals surface area contributed by atoms with Crippen LogP contribution in [0, 0.1) is 5.82 Å². The van der Waals surface area contributed by atoms with Gasteiger partial charge in [-0.1, -0.05) is 30.0 Å². The van der Waals surface area contributed by atoms with Gasteiger partial charge in [-0.2, -0.15) is 0 Å². The second kappa shape index (κ2) is 8.12. The predicted octanol–water partition coefficient (Wildman–Crippen LogP) is 4.40. The highest BCUT2D eigenvalue weighted by atomic mass is 32.2. The highest BCUT2D eigenvalue weighted by molar-refractivity contribution is 8.00. The van der Waals surface area contributed by atoms with Crippen molar-refractivity contribution in [3.63, 3.8) is 0 Å². The second-order valence-electron chi connectivity index (χ2n) is 5.99. The van der Waals surface area contributed by atoms with Crippen LogP contribution in [0.3, 0.4) is 0 Å². The molecule has 1 N–H and O–H groups in total. The summed E-state index contributed by atoms with van der Waals surface area (Å²) < 4.78 is 21.0. The molecule has 0 atom stereocenters. The zero-order chi connectivity index (χ0) is 19.5. The van der Waals surface area contributed by atoms with Crippen LogP contribution in [0.25, 0.3) is 20.3 Å². The monoisotopic (exact) mass is 413 g/mol. The van der Waals surface area contributed by atoms with Crippen molar-refractivity contribution in [3.05, 3.63) is 60.2 Å². The number of benzene rings is 2. The van der Waals surface area contributed by atoms with Crippen molar-refractivity contribution in [2.24, 2.45) is 0 Å². The SMILES string of the molecule is COc1cccc(CNC(=O)CSc2ncnc3c2sc2cccc(F)c23)c1. The predicted molar refractivity (Wildman–Crippen MR) is 110 cm³/mol. The fourth-order valence-corrected chi connectivity index (χ4v) is 4.90. The minimum absolute atomic E-state index is 0.105. The van der Waals surface area contributed by atoms with Crippen molar-refractivity contribution in [1.82, 2.24) is 15.3 Å². The second-order valence-corrected chi connectivity index (χ2v) is 8.00. The van der Waals surface area contributed by atoms with Crippen LogP contribution < -0.4 is 10.1 Å². The minimum atomic E-state index is -0.297. The zero-order valence-electron chi connectivity index (χ0n) is 14.9. The van der Waals surface area contributed by atoms with Gasteiger partial charge >= 0.3 is 0 Å². The molecular weight excluding hydrogens is 397 g/mol. The first-order valence-corrected chi connectivity index (χ1v) is 10.3. The summed E-state index contributed by atoms with van der Waals surface area (Å²) in [7, 11) is 1.61. The Bertz CT molecular complexity index is 1160. The van der Waals surface area contributed by atoms with Crippen molar-refractivity contribution in [2.75, 3.05) is 12.9 Å². The van der Waals surface area contributed by atoms with Crippen molar-refractivity contribution < 1.29 is 13.9 Å². The van der Waals surface area contributed by atoms with Gasteiger partial charge in [0.15, 0.2) is 0 Å². The fourth-order valence-electron chi connectivity index (χ4n) is 2.83. The Morgan fingerprint density at radius 1 is 1.25 bits per heavy atom. The molecule has 142 valence electrons. The largest absolute Gasteiger partial charge is 0.497 e. The molecule has 2 aromatic heterocycles. The molecule has 0 aliphatic heterocycles. The van der Waals surface area contributed by atoms with Crippen molar-refractivity contribution in [3.8, 4) is 5.75 Å². The molecule has 5 nitrogen and oxygen atoms in total. The van der Waals surface area contributed by atoms with Crippen LogP contribution in [0.1, 0.15) is 5.56 Å². The minimum Gasteiger partial charge on any atom is -0.497 e. The number of methoxy groups -OCH3 is 1. The summed E-state index contributed by atoms with van der Waals surface area (Å²) >= 11 is 2.76. The quantitative estimate of drug-likeness (QED) is 0.375. The number of rotatable bonds is 6. The molecule has 0 radical (unpaired) electrons. The van der Waals surface area contributed by atoms with E-state index in [1.54, 1.807) is 13.2 Å². The van der Waals surface area contributed by atoms with E-state index in [-0.39, 0.29) is 17.5 Å². The molecule has 2 aromatic carbocycles. The molecule has 0 spiro atoms. The Morgan fingerprint density at radius 3 is 2.96 bits per heavy atom. The van der Waals surface area contributed by atoms with Gasteiger partial charge in [0.25, 0.3) is 0 Å². The van der Waals surface area contributed by atoms with Gasteiger partial charge in [0, 0.05) is 11.2 Å². The highest BCUT2D eigenvalue weighted by Gasteiger charge is 2.15. The number of hydrogen-bond acceptors (Lipinski definition) is 6. The van der Waals surface area contributed by atoms with Gasteiger partial charge in [-0.05, 0) is 29.8 Å². The first-order valence-electron chi connectivity index (χ1n) is 8.50. The Labute approximate surface area is 169 Å². The Morgan fingerprint density at radius 2 is 2.11 bits per heavy atom. The van der Waals surface area contributed by atoms with Crippen molar-refractivity contribution >= 4 is 49.3 Å². The third-order valence-electron chi connectivity index (χ3n) is 4.16. The molecule has 0 unspecified atom stereocenters. The Kier molecular flexibility index (Phi) is 5.40. The summed E-state index contributed by atoms with van der Waals surface area (Å²) in [5.41, 5.74) is 1.55. The average molecular weight is 413 g/mol. The van der Waals surface area contributed by atoms with Crippen LogP contribution in [0.5, 0.6) is 5.75 Å². The molecule has 28 heavy (non-hydrogen) atoms. The van der Waals surface area contributed by atoms with E-state index in [9.17, 15) is 9.18 Å². The lowest BCUT2D eigenvalue weighted by Crippen LogP contribution is -2.24. The van der Waals surface area contributed by atoms with Crippen LogP contribution >= 0.6 is 23.1 Å². The van der Waals surface area contributed by atoms with Crippen LogP contribution in [0.4, 0.5) is 4.39 Å². The number of ether oxygens (including phenoxy) is 1. The number of carbonyl (C=O) groups excluding carboxylic acids is 1. The van der Waals surface area contributed by atoms with E-state index < -0.39 is 0 Å². The molecule has 1 amide bonds. The number of nitrogens with zero attached hydrogens (tertiary/aromatic N) is 2. The van der Waals surface area contributed by atoms with Gasteiger partial charge in [-0.3, -0.25) is 4.79 Å².